The lowest BCUT2D eigenvalue weighted by atomic mass is 10.2. The maximum absolute atomic E-state index is 10.9. The van der Waals surface area contributed by atoms with Crippen molar-refractivity contribution >= 4 is 50.8 Å². The highest BCUT2D eigenvalue weighted by molar-refractivity contribution is 8.15. The number of rotatable bonds is 2. The highest BCUT2D eigenvalue weighted by Crippen LogP contribution is 2.15. The van der Waals surface area contributed by atoms with E-state index < -0.39 is 0 Å². The van der Waals surface area contributed by atoms with Crippen molar-refractivity contribution in [2.45, 2.75) is 0 Å². The fourth-order valence-electron chi connectivity index (χ4n) is 1.41. The first-order chi connectivity index (χ1) is 8.81. The van der Waals surface area contributed by atoms with Gasteiger partial charge in [-0.05, 0) is 29.2 Å². The summed E-state index contributed by atoms with van der Waals surface area (Å²) < 4.78 is 4.90. The molecule has 2 aromatic rings. The second-order valence-corrected chi connectivity index (χ2v) is 5.24. The van der Waals surface area contributed by atoms with Crippen LogP contribution in [0.15, 0.2) is 28.4 Å². The minimum Gasteiger partial charge on any atom is -0.303 e. The number of benzene rings is 1. The Morgan fingerprint density at radius 2 is 2.39 bits per heavy atom. The lowest BCUT2D eigenvalue weighted by Crippen LogP contribution is -2.19. The number of amidine groups is 1. The van der Waals surface area contributed by atoms with Crippen molar-refractivity contribution in [1.29, 1.82) is 0 Å². The molecule has 0 saturated carbocycles. The summed E-state index contributed by atoms with van der Waals surface area (Å²) in [5, 5.41) is 15.0. The molecule has 1 fully saturated rings. The second kappa shape index (κ2) is 4.83. The van der Waals surface area contributed by atoms with Crippen molar-refractivity contribution in [3.05, 3.63) is 23.8 Å². The van der Waals surface area contributed by atoms with Gasteiger partial charge in [0.25, 0.3) is 0 Å². The maximum Gasteiger partial charge on any atom is 0.236 e. The third-order valence-electron chi connectivity index (χ3n) is 2.21. The number of aromatic nitrogens is 2. The van der Waals surface area contributed by atoms with Crippen LogP contribution in [0.1, 0.15) is 5.56 Å². The van der Waals surface area contributed by atoms with Crippen LogP contribution >= 0.6 is 23.3 Å². The largest absolute Gasteiger partial charge is 0.303 e. The van der Waals surface area contributed by atoms with Gasteiger partial charge in [-0.2, -0.15) is 5.10 Å². The number of nitrogens with zero attached hydrogens (tertiary/aromatic N) is 4. The van der Waals surface area contributed by atoms with Gasteiger partial charge in [0, 0.05) is 0 Å². The number of nitrogens with one attached hydrogen (secondary N) is 1. The quantitative estimate of drug-likeness (QED) is 0.661. The van der Waals surface area contributed by atoms with Crippen molar-refractivity contribution in [2.75, 3.05) is 5.75 Å². The molecule has 18 heavy (non-hydrogen) atoms. The summed E-state index contributed by atoms with van der Waals surface area (Å²) in [6.45, 7) is 0. The fourth-order valence-corrected chi connectivity index (χ4v) is 2.58. The molecule has 1 N–H and O–H groups in total. The van der Waals surface area contributed by atoms with Crippen LogP contribution in [0, 0.1) is 0 Å². The van der Waals surface area contributed by atoms with Crippen LogP contribution in [-0.4, -0.2) is 32.6 Å². The van der Waals surface area contributed by atoms with E-state index in [1.54, 1.807) is 6.21 Å². The van der Waals surface area contributed by atoms with Gasteiger partial charge >= 0.3 is 0 Å². The van der Waals surface area contributed by atoms with Crippen LogP contribution in [-0.2, 0) is 4.79 Å². The molecule has 2 heterocycles. The Morgan fingerprint density at radius 3 is 3.22 bits per heavy atom. The van der Waals surface area contributed by atoms with Gasteiger partial charge in [-0.25, -0.2) is 0 Å². The van der Waals surface area contributed by atoms with E-state index in [0.717, 1.165) is 15.8 Å². The summed E-state index contributed by atoms with van der Waals surface area (Å²) in [7, 11) is 0. The molecule has 0 unspecified atom stereocenters. The molecule has 3 rings (SSSR count). The number of hydrogen-bond acceptors (Lipinski definition) is 7. The van der Waals surface area contributed by atoms with Gasteiger partial charge in [0.05, 0.1) is 16.7 Å². The standard InChI is InChI=1S/C10H7N5OS2/c16-9-5-17-10(12-9)14-11-4-6-1-2-8-7(3-6)13-15-18-8/h1-4H,5H2,(H,12,14,16). The summed E-state index contributed by atoms with van der Waals surface area (Å²) in [5.41, 5.74) is 1.74. The fraction of sp³-hybridized carbons (Fsp3) is 0.100. The monoisotopic (exact) mass is 277 g/mol. The lowest BCUT2D eigenvalue weighted by molar-refractivity contribution is -0.116. The molecule has 8 heteroatoms. The van der Waals surface area contributed by atoms with Gasteiger partial charge in [0.1, 0.15) is 5.52 Å². The Morgan fingerprint density at radius 1 is 1.44 bits per heavy atom. The molecule has 1 amide bonds. The Kier molecular flexibility index (Phi) is 3.03. The second-order valence-electron chi connectivity index (χ2n) is 3.49. The van der Waals surface area contributed by atoms with Gasteiger partial charge in [-0.3, -0.25) is 4.79 Å². The van der Waals surface area contributed by atoms with Gasteiger partial charge in [-0.15, -0.1) is 10.2 Å². The smallest absolute Gasteiger partial charge is 0.236 e. The van der Waals surface area contributed by atoms with Gasteiger partial charge < -0.3 is 5.32 Å². The summed E-state index contributed by atoms with van der Waals surface area (Å²) in [6.07, 6.45) is 1.62. The first-order valence-corrected chi connectivity index (χ1v) is 6.83. The van der Waals surface area contributed by atoms with E-state index >= 15 is 0 Å². The van der Waals surface area contributed by atoms with Crippen LogP contribution < -0.4 is 5.32 Å². The normalized spacial score (nSPS) is 18.0. The molecule has 0 atom stereocenters. The van der Waals surface area contributed by atoms with E-state index in [-0.39, 0.29) is 5.91 Å². The number of carbonyl (C=O) groups is 1. The Labute approximate surface area is 110 Å². The van der Waals surface area contributed by atoms with E-state index in [1.165, 1.54) is 23.3 Å². The Balaban J connectivity index is 1.77. The van der Waals surface area contributed by atoms with E-state index in [9.17, 15) is 4.79 Å². The van der Waals surface area contributed by atoms with E-state index in [0.29, 0.717) is 10.9 Å². The van der Waals surface area contributed by atoms with Gasteiger partial charge in [-0.1, -0.05) is 22.3 Å². The Hall–Kier alpha value is -1.80. The zero-order valence-electron chi connectivity index (χ0n) is 9.03. The Bertz CT molecular complexity index is 663. The van der Waals surface area contributed by atoms with Crippen molar-refractivity contribution < 1.29 is 4.79 Å². The average molecular weight is 277 g/mol. The third kappa shape index (κ3) is 2.39. The first kappa shape index (κ1) is 11.3. The molecular formula is C10H7N5OS2. The van der Waals surface area contributed by atoms with Crippen LogP contribution in [0.3, 0.4) is 0 Å². The van der Waals surface area contributed by atoms with E-state index in [1.807, 2.05) is 18.2 Å². The topological polar surface area (TPSA) is 79.6 Å². The average Bonchev–Trinajstić information content (AvgIpc) is 2.97. The zero-order chi connectivity index (χ0) is 12.4. The van der Waals surface area contributed by atoms with Crippen LogP contribution in [0.5, 0.6) is 0 Å². The molecule has 1 aliphatic heterocycles. The van der Waals surface area contributed by atoms with Crippen molar-refractivity contribution in [2.24, 2.45) is 10.2 Å². The predicted molar refractivity (Wildman–Crippen MR) is 73.0 cm³/mol. The molecule has 1 aromatic heterocycles. The molecular weight excluding hydrogens is 270 g/mol. The van der Waals surface area contributed by atoms with Crippen LogP contribution in [0.2, 0.25) is 0 Å². The molecule has 1 saturated heterocycles. The molecule has 1 aliphatic rings. The minimum atomic E-state index is -0.0380. The summed E-state index contributed by atoms with van der Waals surface area (Å²) in [5.74, 6) is 0.370. The maximum atomic E-state index is 10.9. The molecule has 1 aromatic carbocycles. The molecule has 6 nitrogen and oxygen atoms in total. The molecule has 0 aliphatic carbocycles. The number of amides is 1. The van der Waals surface area contributed by atoms with Crippen molar-refractivity contribution in [3.63, 3.8) is 0 Å². The SMILES string of the molecule is O=C1CSC(=NN=Cc2ccc3snnc3c2)N1. The number of fused-ring (bicyclic) bond motifs is 1. The minimum absolute atomic E-state index is 0.0380. The van der Waals surface area contributed by atoms with Crippen LogP contribution in [0.4, 0.5) is 0 Å². The molecule has 0 spiro atoms. The van der Waals surface area contributed by atoms with Crippen molar-refractivity contribution in [3.8, 4) is 0 Å². The number of thioether (sulfide) groups is 1. The number of hydrogen-bond donors (Lipinski definition) is 1. The lowest BCUT2D eigenvalue weighted by Gasteiger charge is -1.91. The van der Waals surface area contributed by atoms with E-state index in [4.69, 9.17) is 0 Å². The highest BCUT2D eigenvalue weighted by atomic mass is 32.2. The van der Waals surface area contributed by atoms with Crippen LogP contribution in [0.25, 0.3) is 10.2 Å². The number of carbonyl (C=O) groups excluding carboxylic acids is 1. The highest BCUT2D eigenvalue weighted by Gasteiger charge is 2.15. The molecule has 90 valence electrons. The molecule has 0 radical (unpaired) electrons. The summed E-state index contributed by atoms with van der Waals surface area (Å²) in [4.78, 5) is 10.9. The first-order valence-electron chi connectivity index (χ1n) is 5.07. The third-order valence-corrected chi connectivity index (χ3v) is 3.78. The molecule has 0 bridgehead atoms. The zero-order valence-corrected chi connectivity index (χ0v) is 10.7. The summed E-state index contributed by atoms with van der Waals surface area (Å²) in [6, 6.07) is 5.76. The van der Waals surface area contributed by atoms with Crippen molar-refractivity contribution in [1.82, 2.24) is 14.9 Å². The van der Waals surface area contributed by atoms with Gasteiger partial charge in [0.15, 0.2) is 5.17 Å². The predicted octanol–water partition coefficient (Wildman–Crippen LogP) is 1.24. The van der Waals surface area contributed by atoms with E-state index in [2.05, 4.69) is 25.1 Å². The van der Waals surface area contributed by atoms with Gasteiger partial charge in [0.2, 0.25) is 5.91 Å². The summed E-state index contributed by atoms with van der Waals surface area (Å²) >= 11 is 2.70.